The fourth-order valence-electron chi connectivity index (χ4n) is 3.02. The summed E-state index contributed by atoms with van der Waals surface area (Å²) < 4.78 is 7.66. The summed E-state index contributed by atoms with van der Waals surface area (Å²) in [5.74, 6) is 0.0358. The van der Waals surface area contributed by atoms with Crippen LogP contribution in [0.25, 0.3) is 16.9 Å². The van der Waals surface area contributed by atoms with Gasteiger partial charge in [0.05, 0.1) is 18.7 Å². The van der Waals surface area contributed by atoms with Crippen LogP contribution in [-0.2, 0) is 11.2 Å². The average molecular weight is 349 g/mol. The Balaban J connectivity index is 2.04. The summed E-state index contributed by atoms with van der Waals surface area (Å²) >= 11 is 0. The topological polar surface area (TPSA) is 51.5 Å². The summed E-state index contributed by atoms with van der Waals surface area (Å²) in [6.45, 7) is 4.65. The number of carboxylic acids is 1. The molecule has 2 aromatic carbocycles. The number of carboxylic acid groups (broad SMARTS) is 1. The Morgan fingerprint density at radius 3 is 2.31 bits per heavy atom. The minimum Gasteiger partial charge on any atom is -0.494 e. The Morgan fingerprint density at radius 2 is 1.69 bits per heavy atom. The lowest BCUT2D eigenvalue weighted by Crippen LogP contribution is -2.05. The molecule has 0 aliphatic rings. The molecular formula is C22H23NO3. The van der Waals surface area contributed by atoms with Crippen molar-refractivity contribution in [1.82, 2.24) is 4.57 Å². The van der Waals surface area contributed by atoms with Crippen molar-refractivity contribution < 1.29 is 14.6 Å². The average Bonchev–Trinajstić information content (AvgIpc) is 3.05. The van der Waals surface area contributed by atoms with E-state index in [4.69, 9.17) is 9.84 Å². The van der Waals surface area contributed by atoms with E-state index in [0.29, 0.717) is 13.0 Å². The van der Waals surface area contributed by atoms with Crippen LogP contribution in [0.4, 0.5) is 0 Å². The lowest BCUT2D eigenvalue weighted by molar-refractivity contribution is -0.136. The molecule has 134 valence electrons. The van der Waals surface area contributed by atoms with Crippen LogP contribution in [0, 0.1) is 6.92 Å². The third-order valence-electron chi connectivity index (χ3n) is 4.31. The van der Waals surface area contributed by atoms with Gasteiger partial charge in [-0.2, -0.15) is 0 Å². The zero-order valence-electron chi connectivity index (χ0n) is 15.1. The van der Waals surface area contributed by atoms with Crippen LogP contribution >= 0.6 is 0 Å². The second-order valence-corrected chi connectivity index (χ2v) is 6.23. The van der Waals surface area contributed by atoms with Crippen molar-refractivity contribution in [2.45, 2.75) is 26.7 Å². The van der Waals surface area contributed by atoms with Crippen LogP contribution in [0.5, 0.6) is 5.75 Å². The molecule has 0 bridgehead atoms. The number of ether oxygens (including phenoxy) is 1. The minimum atomic E-state index is -0.790. The molecule has 0 spiro atoms. The maximum absolute atomic E-state index is 11.0. The summed E-state index contributed by atoms with van der Waals surface area (Å²) in [4.78, 5) is 11.0. The summed E-state index contributed by atoms with van der Waals surface area (Å²) in [6.07, 6.45) is 0.586. The van der Waals surface area contributed by atoms with Crippen LogP contribution in [0.3, 0.4) is 0 Å². The normalized spacial score (nSPS) is 10.7. The maximum atomic E-state index is 11.0. The Bertz CT molecular complexity index is 877. The molecule has 4 nitrogen and oxygen atoms in total. The number of benzene rings is 2. The van der Waals surface area contributed by atoms with Crippen LogP contribution in [0.1, 0.15) is 24.6 Å². The summed E-state index contributed by atoms with van der Waals surface area (Å²) in [6, 6.07) is 20.3. The molecule has 0 saturated heterocycles. The van der Waals surface area contributed by atoms with E-state index in [9.17, 15) is 4.79 Å². The molecule has 0 aliphatic carbocycles. The molecular weight excluding hydrogens is 326 g/mol. The smallest absolute Gasteiger partial charge is 0.303 e. The van der Waals surface area contributed by atoms with E-state index in [-0.39, 0.29) is 6.42 Å². The Labute approximate surface area is 153 Å². The summed E-state index contributed by atoms with van der Waals surface area (Å²) in [7, 11) is 0. The molecule has 0 amide bonds. The monoisotopic (exact) mass is 349 g/mol. The SMILES string of the molecule is CCOc1ccc(-n2c(CCC(=O)O)ccc2-c2ccc(C)cc2)cc1. The van der Waals surface area contributed by atoms with Crippen molar-refractivity contribution >= 4 is 5.97 Å². The number of hydrogen-bond acceptors (Lipinski definition) is 2. The van der Waals surface area contributed by atoms with E-state index >= 15 is 0 Å². The highest BCUT2D eigenvalue weighted by Gasteiger charge is 2.13. The first-order chi connectivity index (χ1) is 12.6. The molecule has 3 aromatic rings. The van der Waals surface area contributed by atoms with Gasteiger partial charge in [0.25, 0.3) is 0 Å². The van der Waals surface area contributed by atoms with Crippen LogP contribution < -0.4 is 4.74 Å². The van der Waals surface area contributed by atoms with Gasteiger partial charge in [-0.15, -0.1) is 0 Å². The number of aryl methyl sites for hydroxylation is 2. The molecule has 0 aliphatic heterocycles. The van der Waals surface area contributed by atoms with Gasteiger partial charge in [0.15, 0.2) is 0 Å². The number of hydrogen-bond donors (Lipinski definition) is 1. The second-order valence-electron chi connectivity index (χ2n) is 6.23. The Morgan fingerprint density at radius 1 is 1.00 bits per heavy atom. The first kappa shape index (κ1) is 17.8. The molecule has 1 heterocycles. The number of rotatable bonds is 7. The van der Waals surface area contributed by atoms with Gasteiger partial charge in [0.1, 0.15) is 5.75 Å². The summed E-state index contributed by atoms with van der Waals surface area (Å²) in [5.41, 5.74) is 5.33. The quantitative estimate of drug-likeness (QED) is 0.662. The van der Waals surface area contributed by atoms with Gasteiger partial charge in [0, 0.05) is 11.4 Å². The molecule has 1 N–H and O–H groups in total. The number of nitrogens with zero attached hydrogens (tertiary/aromatic N) is 1. The highest BCUT2D eigenvalue weighted by molar-refractivity contribution is 5.68. The summed E-state index contributed by atoms with van der Waals surface area (Å²) in [5, 5.41) is 9.06. The van der Waals surface area contributed by atoms with Gasteiger partial charge >= 0.3 is 5.97 Å². The van der Waals surface area contributed by atoms with E-state index < -0.39 is 5.97 Å². The number of aromatic nitrogens is 1. The van der Waals surface area contributed by atoms with E-state index in [2.05, 4.69) is 41.8 Å². The van der Waals surface area contributed by atoms with Crippen molar-refractivity contribution in [3.63, 3.8) is 0 Å². The van der Waals surface area contributed by atoms with E-state index in [1.54, 1.807) is 0 Å². The number of aliphatic carboxylic acids is 1. The van der Waals surface area contributed by atoms with E-state index in [1.807, 2.05) is 37.3 Å². The second kappa shape index (κ2) is 7.91. The van der Waals surface area contributed by atoms with E-state index in [1.165, 1.54) is 5.56 Å². The van der Waals surface area contributed by atoms with Gasteiger partial charge in [-0.1, -0.05) is 29.8 Å². The lowest BCUT2D eigenvalue weighted by atomic mass is 10.1. The van der Waals surface area contributed by atoms with Crippen molar-refractivity contribution in [2.75, 3.05) is 6.61 Å². The van der Waals surface area contributed by atoms with Crippen LogP contribution in [-0.4, -0.2) is 22.2 Å². The standard InChI is InChI=1S/C22H23NO3/c1-3-26-20-12-8-18(9-13-20)23-19(11-15-22(24)25)10-14-21(23)17-6-4-16(2)5-7-17/h4-10,12-14H,3,11,15H2,1-2H3,(H,24,25). The Kier molecular flexibility index (Phi) is 5.42. The van der Waals surface area contributed by atoms with Gasteiger partial charge in [-0.25, -0.2) is 0 Å². The minimum absolute atomic E-state index is 0.106. The highest BCUT2D eigenvalue weighted by atomic mass is 16.5. The molecule has 0 atom stereocenters. The number of carbonyl (C=O) groups is 1. The lowest BCUT2D eigenvalue weighted by Gasteiger charge is -2.15. The first-order valence-electron chi connectivity index (χ1n) is 8.81. The van der Waals surface area contributed by atoms with Gasteiger partial charge in [-0.05, 0) is 62.2 Å². The van der Waals surface area contributed by atoms with Gasteiger partial charge < -0.3 is 14.4 Å². The first-order valence-corrected chi connectivity index (χ1v) is 8.81. The Hall–Kier alpha value is -3.01. The molecule has 0 fully saturated rings. The van der Waals surface area contributed by atoms with Crippen molar-refractivity contribution in [3.8, 4) is 22.7 Å². The van der Waals surface area contributed by atoms with Gasteiger partial charge in [0.2, 0.25) is 0 Å². The largest absolute Gasteiger partial charge is 0.494 e. The fourth-order valence-corrected chi connectivity index (χ4v) is 3.02. The molecule has 3 rings (SSSR count). The molecule has 0 saturated carbocycles. The third-order valence-corrected chi connectivity index (χ3v) is 4.31. The third kappa shape index (κ3) is 3.97. The predicted molar refractivity (Wildman–Crippen MR) is 103 cm³/mol. The fraction of sp³-hybridized carbons (Fsp3) is 0.227. The molecule has 1 aromatic heterocycles. The van der Waals surface area contributed by atoms with Crippen molar-refractivity contribution in [1.29, 1.82) is 0 Å². The maximum Gasteiger partial charge on any atom is 0.303 e. The molecule has 0 radical (unpaired) electrons. The molecule has 4 heteroatoms. The van der Waals surface area contributed by atoms with E-state index in [0.717, 1.165) is 28.4 Å². The van der Waals surface area contributed by atoms with Crippen LogP contribution in [0.2, 0.25) is 0 Å². The molecule has 0 unspecified atom stereocenters. The predicted octanol–water partition coefficient (Wildman–Crippen LogP) is 4.87. The highest BCUT2D eigenvalue weighted by Crippen LogP contribution is 2.28. The van der Waals surface area contributed by atoms with Crippen LogP contribution in [0.15, 0.2) is 60.7 Å². The van der Waals surface area contributed by atoms with Crippen molar-refractivity contribution in [3.05, 3.63) is 71.9 Å². The van der Waals surface area contributed by atoms with Crippen molar-refractivity contribution in [2.24, 2.45) is 0 Å². The zero-order chi connectivity index (χ0) is 18.5. The zero-order valence-corrected chi connectivity index (χ0v) is 15.1. The van der Waals surface area contributed by atoms with Gasteiger partial charge in [-0.3, -0.25) is 4.79 Å². The molecule has 26 heavy (non-hydrogen) atoms.